The Morgan fingerprint density at radius 1 is 1.09 bits per heavy atom. The van der Waals surface area contributed by atoms with Crippen LogP contribution < -0.4 is 10.5 Å². The Bertz CT molecular complexity index is 1510. The van der Waals surface area contributed by atoms with Gasteiger partial charge in [0.1, 0.15) is 12.1 Å². The Labute approximate surface area is 205 Å². The normalized spacial score (nSPS) is 19.6. The number of benzene rings is 1. The lowest BCUT2D eigenvalue weighted by molar-refractivity contribution is 0.119. The van der Waals surface area contributed by atoms with Gasteiger partial charge in [-0.3, -0.25) is 24.3 Å². The number of rotatable bonds is 4. The van der Waals surface area contributed by atoms with Gasteiger partial charge in [-0.05, 0) is 45.4 Å². The number of fused-ring (bicyclic) bond motifs is 2. The largest absolute Gasteiger partial charge is 0.364 e. The molecule has 3 atom stereocenters. The van der Waals surface area contributed by atoms with Crippen molar-refractivity contribution in [3.63, 3.8) is 0 Å². The van der Waals surface area contributed by atoms with Crippen LogP contribution in [0.2, 0.25) is 0 Å². The van der Waals surface area contributed by atoms with Gasteiger partial charge in [0.25, 0.3) is 5.56 Å². The molecule has 0 radical (unpaired) electrons. The molecule has 180 valence electrons. The molecule has 1 aromatic carbocycles. The smallest absolute Gasteiger partial charge is 0.252 e. The Balaban J connectivity index is 1.45. The lowest BCUT2D eigenvalue weighted by atomic mass is 10.00. The first kappa shape index (κ1) is 23.1. The molecule has 35 heavy (non-hydrogen) atoms. The van der Waals surface area contributed by atoms with E-state index in [1.54, 1.807) is 30.1 Å². The second-order valence-corrected chi connectivity index (χ2v) is 9.44. The van der Waals surface area contributed by atoms with Crippen molar-refractivity contribution in [2.75, 3.05) is 18.0 Å². The van der Waals surface area contributed by atoms with Crippen molar-refractivity contribution < 1.29 is 0 Å². The van der Waals surface area contributed by atoms with Crippen molar-refractivity contribution in [3.8, 4) is 11.8 Å². The SMILES string of the molecule is CC#CCn1cc2c(n1)c(N1C[C@@H](C)N([C@H](C)c3ccc4nccnc4c3)C[C@@H]1C)cc(=O)n2C. The highest BCUT2D eigenvalue weighted by Gasteiger charge is 2.34. The Kier molecular flexibility index (Phi) is 6.03. The Morgan fingerprint density at radius 2 is 1.86 bits per heavy atom. The van der Waals surface area contributed by atoms with E-state index >= 15 is 0 Å². The zero-order valence-corrected chi connectivity index (χ0v) is 20.9. The molecule has 1 saturated heterocycles. The second kappa shape index (κ2) is 9.16. The van der Waals surface area contributed by atoms with Crippen LogP contribution in [0.5, 0.6) is 0 Å². The van der Waals surface area contributed by atoms with Gasteiger partial charge in [0.15, 0.2) is 0 Å². The molecule has 0 unspecified atom stereocenters. The van der Waals surface area contributed by atoms with Gasteiger partial charge in [0.05, 0.1) is 28.4 Å². The number of aromatic nitrogens is 5. The molecule has 4 aromatic rings. The van der Waals surface area contributed by atoms with Crippen LogP contribution in [0.1, 0.15) is 39.3 Å². The fourth-order valence-corrected chi connectivity index (χ4v) is 5.16. The van der Waals surface area contributed by atoms with E-state index in [1.165, 1.54) is 5.56 Å². The number of hydrogen-bond acceptors (Lipinski definition) is 6. The first-order chi connectivity index (χ1) is 16.9. The molecule has 3 aromatic heterocycles. The lowest BCUT2D eigenvalue weighted by Crippen LogP contribution is -2.57. The third-order valence-corrected chi connectivity index (χ3v) is 7.17. The quantitative estimate of drug-likeness (QED) is 0.427. The van der Waals surface area contributed by atoms with Crippen LogP contribution in [-0.2, 0) is 13.6 Å². The van der Waals surface area contributed by atoms with E-state index in [0.717, 1.165) is 40.8 Å². The molecule has 0 saturated carbocycles. The average Bonchev–Trinajstić information content (AvgIpc) is 3.30. The van der Waals surface area contributed by atoms with E-state index in [4.69, 9.17) is 5.10 Å². The summed E-state index contributed by atoms with van der Waals surface area (Å²) in [6, 6.07) is 8.81. The minimum absolute atomic E-state index is 0.0263. The van der Waals surface area contributed by atoms with Crippen molar-refractivity contribution >= 4 is 27.8 Å². The molecule has 8 heteroatoms. The lowest BCUT2D eigenvalue weighted by Gasteiger charge is -2.47. The van der Waals surface area contributed by atoms with Gasteiger partial charge in [-0.2, -0.15) is 5.10 Å². The topological polar surface area (TPSA) is 72.1 Å². The van der Waals surface area contributed by atoms with Gasteiger partial charge < -0.3 is 9.47 Å². The standard InChI is InChI=1S/C27H31N7O/c1-6-7-12-32-17-25-27(30-32)24(14-26(35)31(25)5)34-16-18(2)33(15-19(34)3)20(4)21-8-9-22-23(13-21)29-11-10-28-22/h8-11,13-14,17-20H,12,15-16H2,1-5H3/t18-,19+,20-/m1/s1. The van der Waals surface area contributed by atoms with Crippen LogP contribution in [-0.4, -0.2) is 54.4 Å². The van der Waals surface area contributed by atoms with Crippen LogP contribution in [0, 0.1) is 11.8 Å². The average molecular weight is 470 g/mol. The highest BCUT2D eigenvalue weighted by Crippen LogP contribution is 2.32. The summed E-state index contributed by atoms with van der Waals surface area (Å²) in [5.41, 5.74) is 5.62. The summed E-state index contributed by atoms with van der Waals surface area (Å²) in [6.07, 6.45) is 5.38. The third kappa shape index (κ3) is 4.17. The maximum Gasteiger partial charge on any atom is 0.252 e. The van der Waals surface area contributed by atoms with Gasteiger partial charge in [0, 0.05) is 56.7 Å². The number of anilines is 1. The summed E-state index contributed by atoms with van der Waals surface area (Å²) in [5.74, 6) is 5.97. The highest BCUT2D eigenvalue weighted by molar-refractivity contribution is 5.88. The van der Waals surface area contributed by atoms with E-state index in [1.807, 2.05) is 23.9 Å². The molecule has 0 amide bonds. The van der Waals surface area contributed by atoms with Gasteiger partial charge in [-0.1, -0.05) is 12.0 Å². The van der Waals surface area contributed by atoms with Gasteiger partial charge in [-0.15, -0.1) is 5.92 Å². The molecule has 4 heterocycles. The molecule has 1 fully saturated rings. The van der Waals surface area contributed by atoms with Crippen LogP contribution in [0.3, 0.4) is 0 Å². The number of pyridine rings is 1. The van der Waals surface area contributed by atoms with Crippen LogP contribution >= 0.6 is 0 Å². The van der Waals surface area contributed by atoms with E-state index in [2.05, 4.69) is 64.5 Å². The second-order valence-electron chi connectivity index (χ2n) is 9.44. The maximum atomic E-state index is 12.8. The minimum atomic E-state index is -0.0263. The summed E-state index contributed by atoms with van der Waals surface area (Å²) in [5, 5.41) is 4.80. The van der Waals surface area contributed by atoms with E-state index in [-0.39, 0.29) is 23.7 Å². The van der Waals surface area contributed by atoms with Crippen molar-refractivity contribution in [1.29, 1.82) is 0 Å². The fourth-order valence-electron chi connectivity index (χ4n) is 5.16. The number of piperazine rings is 1. The molecule has 5 rings (SSSR count). The first-order valence-corrected chi connectivity index (χ1v) is 12.1. The third-order valence-electron chi connectivity index (χ3n) is 7.17. The number of aryl methyl sites for hydroxylation is 1. The Morgan fingerprint density at radius 3 is 2.63 bits per heavy atom. The van der Waals surface area contributed by atoms with E-state index < -0.39 is 0 Å². The number of hydrogen-bond donors (Lipinski definition) is 0. The number of nitrogens with zero attached hydrogens (tertiary/aromatic N) is 7. The molecule has 0 spiro atoms. The zero-order chi connectivity index (χ0) is 24.7. The van der Waals surface area contributed by atoms with Crippen molar-refractivity contribution in [3.05, 3.63) is 58.8 Å². The monoisotopic (exact) mass is 469 g/mol. The molecule has 1 aliphatic heterocycles. The minimum Gasteiger partial charge on any atom is -0.364 e. The molecule has 0 N–H and O–H groups in total. The van der Waals surface area contributed by atoms with E-state index in [9.17, 15) is 4.79 Å². The first-order valence-electron chi connectivity index (χ1n) is 12.1. The molecule has 0 aliphatic carbocycles. The van der Waals surface area contributed by atoms with Crippen molar-refractivity contribution in [1.82, 2.24) is 29.2 Å². The molecule has 8 nitrogen and oxygen atoms in total. The maximum absolute atomic E-state index is 12.8. The fraction of sp³-hybridized carbons (Fsp3) is 0.407. The van der Waals surface area contributed by atoms with Gasteiger partial charge in [-0.25, -0.2) is 0 Å². The van der Waals surface area contributed by atoms with Gasteiger partial charge >= 0.3 is 0 Å². The molecular formula is C27H31N7O. The summed E-state index contributed by atoms with van der Waals surface area (Å²) in [6.45, 7) is 10.7. The summed E-state index contributed by atoms with van der Waals surface area (Å²) < 4.78 is 3.48. The van der Waals surface area contributed by atoms with Crippen molar-refractivity contribution in [2.24, 2.45) is 7.05 Å². The van der Waals surface area contributed by atoms with Gasteiger partial charge in [0.2, 0.25) is 0 Å². The molecule has 1 aliphatic rings. The Hall–Kier alpha value is -3.70. The summed E-state index contributed by atoms with van der Waals surface area (Å²) >= 11 is 0. The summed E-state index contributed by atoms with van der Waals surface area (Å²) in [4.78, 5) is 26.6. The van der Waals surface area contributed by atoms with Crippen molar-refractivity contribution in [2.45, 2.75) is 52.4 Å². The predicted molar refractivity (Wildman–Crippen MR) is 139 cm³/mol. The van der Waals surface area contributed by atoms with E-state index in [0.29, 0.717) is 6.54 Å². The molecule has 0 bridgehead atoms. The van der Waals surface area contributed by atoms with Crippen LogP contribution in [0.25, 0.3) is 22.1 Å². The highest BCUT2D eigenvalue weighted by atomic mass is 16.1. The predicted octanol–water partition coefficient (Wildman–Crippen LogP) is 3.36. The zero-order valence-electron chi connectivity index (χ0n) is 20.9. The molecular weight excluding hydrogens is 438 g/mol. The summed E-state index contributed by atoms with van der Waals surface area (Å²) in [7, 11) is 1.80. The van der Waals surface area contributed by atoms with Crippen LogP contribution in [0.4, 0.5) is 5.69 Å². The van der Waals surface area contributed by atoms with Crippen LogP contribution in [0.15, 0.2) is 47.7 Å².